The first-order valence-corrected chi connectivity index (χ1v) is 6.67. The lowest BCUT2D eigenvalue weighted by molar-refractivity contribution is 0.0696. The minimum atomic E-state index is -1.01. The van der Waals surface area contributed by atoms with Gasteiger partial charge in [0.15, 0.2) is 0 Å². The van der Waals surface area contributed by atoms with E-state index in [9.17, 15) is 9.59 Å². The first-order chi connectivity index (χ1) is 9.88. The minimum Gasteiger partial charge on any atom is -0.478 e. The normalized spacial score (nSPS) is 10.2. The van der Waals surface area contributed by atoms with Crippen molar-refractivity contribution in [3.8, 4) is 0 Å². The Morgan fingerprint density at radius 1 is 1.05 bits per heavy atom. The lowest BCUT2D eigenvalue weighted by Crippen LogP contribution is -2.12. The van der Waals surface area contributed by atoms with Gasteiger partial charge in [-0.3, -0.25) is 4.79 Å². The summed E-state index contributed by atoms with van der Waals surface area (Å²) >= 11 is 6.08. The van der Waals surface area contributed by atoms with Crippen molar-refractivity contribution in [1.29, 1.82) is 0 Å². The van der Waals surface area contributed by atoms with Crippen LogP contribution in [0.4, 0.5) is 5.69 Å². The molecule has 2 rings (SSSR count). The molecule has 0 unspecified atom stereocenters. The van der Waals surface area contributed by atoms with Gasteiger partial charge < -0.3 is 10.4 Å². The Morgan fingerprint density at radius 3 is 2.19 bits per heavy atom. The Morgan fingerprint density at radius 2 is 1.67 bits per heavy atom. The van der Waals surface area contributed by atoms with E-state index in [1.54, 1.807) is 24.3 Å². The number of anilines is 1. The highest BCUT2D eigenvalue weighted by Crippen LogP contribution is 2.22. The molecule has 108 valence electrons. The molecule has 0 radical (unpaired) electrons. The van der Waals surface area contributed by atoms with E-state index in [0.717, 1.165) is 11.1 Å². The van der Waals surface area contributed by atoms with E-state index in [2.05, 4.69) is 5.32 Å². The summed E-state index contributed by atoms with van der Waals surface area (Å²) in [6, 6.07) is 9.34. The topological polar surface area (TPSA) is 66.4 Å². The molecular formula is C16H14ClNO3. The third-order valence-electron chi connectivity index (χ3n) is 3.26. The smallest absolute Gasteiger partial charge is 0.335 e. The number of aryl methyl sites for hydroxylation is 1. The van der Waals surface area contributed by atoms with Gasteiger partial charge in [-0.25, -0.2) is 4.79 Å². The molecule has 2 N–H and O–H groups in total. The number of halogens is 1. The summed E-state index contributed by atoms with van der Waals surface area (Å²) in [5.74, 6) is -1.29. The summed E-state index contributed by atoms with van der Waals surface area (Å²) in [6.07, 6.45) is 0. The summed E-state index contributed by atoms with van der Waals surface area (Å²) in [7, 11) is 0. The fourth-order valence-electron chi connectivity index (χ4n) is 1.85. The molecule has 2 aromatic rings. The van der Waals surface area contributed by atoms with Crippen molar-refractivity contribution in [3.05, 3.63) is 63.7 Å². The average Bonchev–Trinajstić information content (AvgIpc) is 2.44. The van der Waals surface area contributed by atoms with E-state index in [1.165, 1.54) is 12.1 Å². The molecule has 0 aliphatic carbocycles. The fraction of sp³-hybridized carbons (Fsp3) is 0.125. The number of nitrogens with one attached hydrogen (secondary N) is 1. The van der Waals surface area contributed by atoms with E-state index >= 15 is 0 Å². The molecule has 0 spiro atoms. The second-order valence-electron chi connectivity index (χ2n) is 4.74. The van der Waals surface area contributed by atoms with Crippen LogP contribution in [-0.2, 0) is 0 Å². The Bertz CT molecular complexity index is 685. The van der Waals surface area contributed by atoms with Crippen molar-refractivity contribution in [3.63, 3.8) is 0 Å². The summed E-state index contributed by atoms with van der Waals surface area (Å²) in [5, 5.41) is 12.1. The SMILES string of the molecule is Cc1cc(C(=O)Nc2ccc(C(=O)O)cc2)cc(Cl)c1C. The largest absolute Gasteiger partial charge is 0.478 e. The highest BCUT2D eigenvalue weighted by atomic mass is 35.5. The zero-order valence-electron chi connectivity index (χ0n) is 11.6. The molecule has 1 amide bonds. The van der Waals surface area contributed by atoms with Crippen LogP contribution in [-0.4, -0.2) is 17.0 Å². The first-order valence-electron chi connectivity index (χ1n) is 6.30. The van der Waals surface area contributed by atoms with Gasteiger partial charge in [0.1, 0.15) is 0 Å². The Hall–Kier alpha value is -2.33. The van der Waals surface area contributed by atoms with Crippen LogP contribution < -0.4 is 5.32 Å². The zero-order valence-corrected chi connectivity index (χ0v) is 12.4. The number of hydrogen-bond donors (Lipinski definition) is 2. The number of aromatic carboxylic acids is 1. The second kappa shape index (κ2) is 5.97. The number of benzene rings is 2. The van der Waals surface area contributed by atoms with Crippen molar-refractivity contribution in [2.24, 2.45) is 0 Å². The maximum absolute atomic E-state index is 12.2. The van der Waals surface area contributed by atoms with Crippen LogP contribution in [0.15, 0.2) is 36.4 Å². The molecule has 4 nitrogen and oxygen atoms in total. The summed E-state index contributed by atoms with van der Waals surface area (Å²) in [4.78, 5) is 22.9. The molecule has 0 aromatic heterocycles. The summed E-state index contributed by atoms with van der Waals surface area (Å²) < 4.78 is 0. The number of rotatable bonds is 3. The third-order valence-corrected chi connectivity index (χ3v) is 3.65. The molecular weight excluding hydrogens is 290 g/mol. The van der Waals surface area contributed by atoms with Crippen molar-refractivity contribution in [2.45, 2.75) is 13.8 Å². The van der Waals surface area contributed by atoms with Crippen LogP contribution in [0.3, 0.4) is 0 Å². The number of carboxylic acid groups (broad SMARTS) is 1. The molecule has 0 aliphatic rings. The average molecular weight is 304 g/mol. The van der Waals surface area contributed by atoms with Gasteiger partial charge in [0.25, 0.3) is 5.91 Å². The lowest BCUT2D eigenvalue weighted by Gasteiger charge is -2.09. The highest BCUT2D eigenvalue weighted by Gasteiger charge is 2.10. The van der Waals surface area contributed by atoms with Crippen LogP contribution in [0.2, 0.25) is 5.02 Å². The molecule has 5 heteroatoms. The van der Waals surface area contributed by atoms with E-state index in [-0.39, 0.29) is 11.5 Å². The van der Waals surface area contributed by atoms with Gasteiger partial charge in [0.05, 0.1) is 5.56 Å². The third kappa shape index (κ3) is 3.41. The number of carboxylic acids is 1. The van der Waals surface area contributed by atoms with Gasteiger partial charge in [-0.15, -0.1) is 0 Å². The Kier molecular flexibility index (Phi) is 4.29. The van der Waals surface area contributed by atoms with Crippen molar-refractivity contribution in [1.82, 2.24) is 0 Å². The van der Waals surface area contributed by atoms with Gasteiger partial charge in [-0.05, 0) is 61.4 Å². The zero-order chi connectivity index (χ0) is 15.6. The summed E-state index contributed by atoms with van der Waals surface area (Å²) in [6.45, 7) is 3.78. The van der Waals surface area contributed by atoms with E-state index in [0.29, 0.717) is 16.3 Å². The van der Waals surface area contributed by atoms with Crippen LogP contribution in [0, 0.1) is 13.8 Å². The Labute approximate surface area is 127 Å². The summed E-state index contributed by atoms with van der Waals surface area (Å²) in [5.41, 5.74) is 3.04. The standard InChI is InChI=1S/C16H14ClNO3/c1-9-7-12(8-14(17)10(9)2)15(19)18-13-5-3-11(4-6-13)16(20)21/h3-8H,1-2H3,(H,18,19)(H,20,21). The van der Waals surface area contributed by atoms with Crippen LogP contribution in [0.5, 0.6) is 0 Å². The molecule has 0 aliphatic heterocycles. The van der Waals surface area contributed by atoms with E-state index in [1.807, 2.05) is 13.8 Å². The Balaban J connectivity index is 2.20. The molecule has 0 bridgehead atoms. The van der Waals surface area contributed by atoms with Crippen LogP contribution in [0.25, 0.3) is 0 Å². The predicted octanol–water partition coefficient (Wildman–Crippen LogP) is 3.91. The maximum Gasteiger partial charge on any atom is 0.335 e. The van der Waals surface area contributed by atoms with Crippen molar-refractivity contribution < 1.29 is 14.7 Å². The van der Waals surface area contributed by atoms with Crippen molar-refractivity contribution >= 4 is 29.2 Å². The molecule has 0 saturated heterocycles. The number of carbonyl (C=O) groups is 2. The maximum atomic E-state index is 12.2. The van der Waals surface area contributed by atoms with Crippen molar-refractivity contribution in [2.75, 3.05) is 5.32 Å². The van der Waals surface area contributed by atoms with Gasteiger partial charge in [-0.2, -0.15) is 0 Å². The molecule has 0 saturated carbocycles. The lowest BCUT2D eigenvalue weighted by atomic mass is 10.1. The first kappa shape index (κ1) is 15.1. The minimum absolute atomic E-state index is 0.169. The quantitative estimate of drug-likeness (QED) is 0.903. The van der Waals surface area contributed by atoms with Crippen LogP contribution >= 0.6 is 11.6 Å². The molecule has 2 aromatic carbocycles. The number of carbonyl (C=O) groups excluding carboxylic acids is 1. The fourth-order valence-corrected chi connectivity index (χ4v) is 2.11. The second-order valence-corrected chi connectivity index (χ2v) is 5.14. The molecule has 21 heavy (non-hydrogen) atoms. The number of hydrogen-bond acceptors (Lipinski definition) is 2. The van der Waals surface area contributed by atoms with Gasteiger partial charge >= 0.3 is 5.97 Å². The van der Waals surface area contributed by atoms with E-state index in [4.69, 9.17) is 16.7 Å². The molecule has 0 heterocycles. The number of amides is 1. The molecule has 0 atom stereocenters. The predicted molar refractivity (Wildman–Crippen MR) is 82.3 cm³/mol. The highest BCUT2D eigenvalue weighted by molar-refractivity contribution is 6.32. The van der Waals surface area contributed by atoms with Gasteiger partial charge in [0.2, 0.25) is 0 Å². The van der Waals surface area contributed by atoms with Gasteiger partial charge in [-0.1, -0.05) is 11.6 Å². The van der Waals surface area contributed by atoms with E-state index < -0.39 is 5.97 Å². The monoisotopic (exact) mass is 303 g/mol. The van der Waals surface area contributed by atoms with Crippen LogP contribution in [0.1, 0.15) is 31.8 Å². The molecule has 0 fully saturated rings. The van der Waals surface area contributed by atoms with Gasteiger partial charge in [0, 0.05) is 16.3 Å².